The normalized spacial score (nSPS) is 11.5. The highest BCUT2D eigenvalue weighted by Crippen LogP contribution is 2.27. The number of fused-ring (bicyclic) bond motifs is 3. The van der Waals surface area contributed by atoms with E-state index >= 15 is 0 Å². The van der Waals surface area contributed by atoms with E-state index in [0.717, 1.165) is 16.0 Å². The Morgan fingerprint density at radius 1 is 1.31 bits per heavy atom. The second-order valence-electron chi connectivity index (χ2n) is 6.16. The van der Waals surface area contributed by atoms with Gasteiger partial charge in [0.15, 0.2) is 0 Å². The molecule has 4 aromatic rings. The summed E-state index contributed by atoms with van der Waals surface area (Å²) in [5.74, 6) is 1.23. The van der Waals surface area contributed by atoms with Crippen LogP contribution in [0.2, 0.25) is 0 Å². The molecular weight excluding hydrogens is 352 g/mol. The lowest BCUT2D eigenvalue weighted by atomic mass is 10.3. The maximum absolute atomic E-state index is 12.7. The molecule has 0 aliphatic carbocycles. The SMILES string of the molecule is Cc1cc2c(cc3c(=O)n(CC(=O)NCCc4ccco4)nc(C)n32)s1. The Hall–Kier alpha value is -2.87. The number of hydrogen-bond donors (Lipinski definition) is 1. The van der Waals surface area contributed by atoms with E-state index in [-0.39, 0.29) is 18.0 Å². The number of carbonyl (C=O) groups is 1. The Bertz CT molecular complexity index is 1150. The molecule has 0 spiro atoms. The standard InChI is InChI=1S/C18H18N4O3S/c1-11-8-14-16(26-11)9-15-18(24)21(20-12(2)22(14)15)10-17(23)19-6-5-13-4-3-7-25-13/h3-4,7-9H,5-6,10H2,1-2H3,(H,19,23). The third kappa shape index (κ3) is 2.92. The highest BCUT2D eigenvalue weighted by Gasteiger charge is 2.15. The van der Waals surface area contributed by atoms with Gasteiger partial charge in [-0.3, -0.25) is 14.0 Å². The number of aromatic nitrogens is 3. The Kier molecular flexibility index (Phi) is 4.12. The average molecular weight is 370 g/mol. The van der Waals surface area contributed by atoms with E-state index < -0.39 is 0 Å². The molecule has 0 saturated heterocycles. The number of carbonyl (C=O) groups excluding carboxylic acids is 1. The summed E-state index contributed by atoms with van der Waals surface area (Å²) in [6.07, 6.45) is 2.20. The van der Waals surface area contributed by atoms with E-state index in [0.29, 0.717) is 24.3 Å². The summed E-state index contributed by atoms with van der Waals surface area (Å²) in [6.45, 7) is 4.22. The first-order chi connectivity index (χ1) is 12.5. The molecular formula is C18H18N4O3S. The van der Waals surface area contributed by atoms with Crippen molar-refractivity contribution in [3.63, 3.8) is 0 Å². The maximum Gasteiger partial charge on any atom is 0.291 e. The lowest BCUT2D eigenvalue weighted by molar-refractivity contribution is -0.121. The topological polar surface area (TPSA) is 81.5 Å². The van der Waals surface area contributed by atoms with Crippen LogP contribution in [0.3, 0.4) is 0 Å². The van der Waals surface area contributed by atoms with Crippen molar-refractivity contribution in [3.8, 4) is 0 Å². The molecule has 7 nitrogen and oxygen atoms in total. The predicted octanol–water partition coefficient (Wildman–Crippen LogP) is 2.28. The molecule has 4 heterocycles. The molecule has 0 aromatic carbocycles. The summed E-state index contributed by atoms with van der Waals surface area (Å²) in [4.78, 5) is 26.1. The molecule has 4 aromatic heterocycles. The van der Waals surface area contributed by atoms with E-state index in [1.54, 1.807) is 17.6 Å². The quantitative estimate of drug-likeness (QED) is 0.584. The highest BCUT2D eigenvalue weighted by molar-refractivity contribution is 7.19. The summed E-state index contributed by atoms with van der Waals surface area (Å²) in [5.41, 5.74) is 1.26. The molecule has 8 heteroatoms. The minimum atomic E-state index is -0.266. The fourth-order valence-corrected chi connectivity index (χ4v) is 4.04. The molecule has 0 fully saturated rings. The van der Waals surface area contributed by atoms with Crippen LogP contribution in [-0.2, 0) is 17.8 Å². The first kappa shape index (κ1) is 16.6. The van der Waals surface area contributed by atoms with E-state index in [1.165, 1.54) is 9.56 Å². The molecule has 0 radical (unpaired) electrons. The number of thiophene rings is 1. The number of furan rings is 1. The largest absolute Gasteiger partial charge is 0.469 e. The molecule has 134 valence electrons. The number of aryl methyl sites for hydroxylation is 2. The van der Waals surface area contributed by atoms with Gasteiger partial charge >= 0.3 is 0 Å². The molecule has 1 amide bonds. The second kappa shape index (κ2) is 6.45. The van der Waals surface area contributed by atoms with Crippen LogP contribution in [-0.4, -0.2) is 26.6 Å². The monoisotopic (exact) mass is 370 g/mol. The first-order valence-corrected chi connectivity index (χ1v) is 9.13. The van der Waals surface area contributed by atoms with Gasteiger partial charge < -0.3 is 9.73 Å². The molecule has 0 saturated carbocycles. The zero-order valence-corrected chi connectivity index (χ0v) is 15.3. The van der Waals surface area contributed by atoms with Crippen molar-refractivity contribution in [2.24, 2.45) is 0 Å². The van der Waals surface area contributed by atoms with Crippen molar-refractivity contribution < 1.29 is 9.21 Å². The molecule has 26 heavy (non-hydrogen) atoms. The van der Waals surface area contributed by atoms with Crippen LogP contribution in [0.4, 0.5) is 0 Å². The number of nitrogens with one attached hydrogen (secondary N) is 1. The Morgan fingerprint density at radius 2 is 2.15 bits per heavy atom. The summed E-state index contributed by atoms with van der Waals surface area (Å²) in [7, 11) is 0. The molecule has 0 aliphatic heterocycles. The van der Waals surface area contributed by atoms with Crippen LogP contribution >= 0.6 is 11.3 Å². The van der Waals surface area contributed by atoms with Gasteiger partial charge in [0.2, 0.25) is 5.91 Å². The molecule has 0 atom stereocenters. The molecule has 1 N–H and O–H groups in total. The van der Waals surface area contributed by atoms with Crippen LogP contribution < -0.4 is 10.9 Å². The first-order valence-electron chi connectivity index (χ1n) is 8.31. The third-order valence-electron chi connectivity index (χ3n) is 4.22. The van der Waals surface area contributed by atoms with Gasteiger partial charge in [-0.05, 0) is 38.1 Å². The van der Waals surface area contributed by atoms with Crippen molar-refractivity contribution in [2.45, 2.75) is 26.8 Å². The number of rotatable bonds is 5. The van der Waals surface area contributed by atoms with E-state index in [2.05, 4.69) is 10.4 Å². The highest BCUT2D eigenvalue weighted by atomic mass is 32.1. The molecule has 4 rings (SSSR count). The van der Waals surface area contributed by atoms with Crippen molar-refractivity contribution >= 4 is 33.0 Å². The Morgan fingerprint density at radius 3 is 2.92 bits per heavy atom. The third-order valence-corrected chi connectivity index (χ3v) is 5.21. The smallest absolute Gasteiger partial charge is 0.291 e. The van der Waals surface area contributed by atoms with Gasteiger partial charge in [0.1, 0.15) is 23.6 Å². The van der Waals surface area contributed by atoms with Crippen LogP contribution in [0.5, 0.6) is 0 Å². The van der Waals surface area contributed by atoms with Gasteiger partial charge in [0, 0.05) is 17.8 Å². The average Bonchev–Trinajstić information content (AvgIpc) is 3.28. The minimum Gasteiger partial charge on any atom is -0.469 e. The van der Waals surface area contributed by atoms with Crippen molar-refractivity contribution in [1.82, 2.24) is 19.5 Å². The zero-order valence-electron chi connectivity index (χ0n) is 14.5. The van der Waals surface area contributed by atoms with Crippen molar-refractivity contribution in [3.05, 3.63) is 57.3 Å². The van der Waals surface area contributed by atoms with E-state index in [4.69, 9.17) is 4.42 Å². The lowest BCUT2D eigenvalue weighted by Crippen LogP contribution is -2.35. The van der Waals surface area contributed by atoms with E-state index in [1.807, 2.05) is 42.5 Å². The number of amides is 1. The van der Waals surface area contributed by atoms with Crippen LogP contribution in [0.1, 0.15) is 16.5 Å². The van der Waals surface area contributed by atoms with Crippen LogP contribution in [0.15, 0.2) is 39.7 Å². The molecule has 0 bridgehead atoms. The summed E-state index contributed by atoms with van der Waals surface area (Å²) in [5, 5.41) is 7.11. The van der Waals surface area contributed by atoms with Crippen LogP contribution in [0.25, 0.3) is 15.7 Å². The second-order valence-corrected chi connectivity index (χ2v) is 7.45. The van der Waals surface area contributed by atoms with E-state index in [9.17, 15) is 9.59 Å². The number of hydrogen-bond acceptors (Lipinski definition) is 5. The number of nitrogens with zero attached hydrogens (tertiary/aromatic N) is 3. The van der Waals surface area contributed by atoms with Gasteiger partial charge in [-0.15, -0.1) is 11.3 Å². The van der Waals surface area contributed by atoms with Gasteiger partial charge in [0.05, 0.1) is 16.5 Å². The molecule has 0 unspecified atom stereocenters. The van der Waals surface area contributed by atoms with Gasteiger partial charge in [-0.2, -0.15) is 5.10 Å². The zero-order chi connectivity index (χ0) is 18.3. The summed E-state index contributed by atoms with van der Waals surface area (Å²) >= 11 is 1.64. The van der Waals surface area contributed by atoms with Gasteiger partial charge in [0.25, 0.3) is 5.56 Å². The van der Waals surface area contributed by atoms with Crippen LogP contribution in [0, 0.1) is 13.8 Å². The fourth-order valence-electron chi connectivity index (χ4n) is 3.10. The fraction of sp³-hybridized carbons (Fsp3) is 0.278. The predicted molar refractivity (Wildman–Crippen MR) is 99.7 cm³/mol. The Balaban J connectivity index is 1.55. The van der Waals surface area contributed by atoms with Gasteiger partial charge in [-0.25, -0.2) is 4.68 Å². The minimum absolute atomic E-state index is 0.105. The molecule has 0 aliphatic rings. The summed E-state index contributed by atoms with van der Waals surface area (Å²) in [6, 6.07) is 7.58. The van der Waals surface area contributed by atoms with Gasteiger partial charge in [-0.1, -0.05) is 0 Å². The summed E-state index contributed by atoms with van der Waals surface area (Å²) < 4.78 is 9.35. The van der Waals surface area contributed by atoms with Crippen molar-refractivity contribution in [1.29, 1.82) is 0 Å². The lowest BCUT2D eigenvalue weighted by Gasteiger charge is -2.09. The Labute approximate surface area is 152 Å². The maximum atomic E-state index is 12.7. The van der Waals surface area contributed by atoms with Crippen molar-refractivity contribution in [2.75, 3.05) is 6.54 Å².